The van der Waals surface area contributed by atoms with E-state index < -0.39 is 0 Å². The van der Waals surface area contributed by atoms with Crippen molar-refractivity contribution in [1.29, 1.82) is 0 Å². The largest absolute Gasteiger partial charge is 0.459 e. The Bertz CT molecular complexity index is 408. The maximum atomic E-state index is 12.0. The number of ether oxygens (including phenoxy) is 1. The van der Waals surface area contributed by atoms with Crippen molar-refractivity contribution in [2.45, 2.75) is 39.2 Å². The molecule has 1 saturated heterocycles. The van der Waals surface area contributed by atoms with Crippen molar-refractivity contribution in [3.63, 3.8) is 0 Å². The van der Waals surface area contributed by atoms with E-state index in [9.17, 15) is 4.79 Å². The summed E-state index contributed by atoms with van der Waals surface area (Å²) >= 11 is 0. The van der Waals surface area contributed by atoms with Crippen LogP contribution in [0.5, 0.6) is 0 Å². The van der Waals surface area contributed by atoms with Crippen LogP contribution in [0.4, 0.5) is 0 Å². The van der Waals surface area contributed by atoms with E-state index in [1.165, 1.54) is 6.42 Å². The molecular weight excluding hydrogens is 250 g/mol. The molecule has 0 amide bonds. The molecule has 1 aromatic carbocycles. The molecule has 3 nitrogen and oxygen atoms in total. The Kier molecular flexibility index (Phi) is 5.60. The van der Waals surface area contributed by atoms with E-state index in [2.05, 4.69) is 18.7 Å². The van der Waals surface area contributed by atoms with Gasteiger partial charge in [0.2, 0.25) is 0 Å². The molecule has 0 spiro atoms. The molecule has 20 heavy (non-hydrogen) atoms. The quantitative estimate of drug-likeness (QED) is 0.772. The van der Waals surface area contributed by atoms with Crippen LogP contribution in [0, 0.1) is 5.92 Å². The summed E-state index contributed by atoms with van der Waals surface area (Å²) in [5.74, 6) is 0.565. The number of carbonyl (C=O) groups excluding carboxylic acids is 1. The van der Waals surface area contributed by atoms with Crippen molar-refractivity contribution in [2.75, 3.05) is 19.6 Å². The molecule has 0 saturated carbocycles. The predicted octanol–water partition coefficient (Wildman–Crippen LogP) is 3.35. The molecule has 0 aliphatic carbocycles. The minimum atomic E-state index is -0.189. The molecule has 1 aromatic rings. The molecule has 0 atom stereocenters. The standard InChI is InChI=1S/C17H25NO2/c1-14(2)8-11-18-12-9-16(10-13-18)20-17(19)15-6-4-3-5-7-15/h3-7,14,16H,8-13H2,1-2H3. The topological polar surface area (TPSA) is 29.5 Å². The molecule has 1 aliphatic rings. The molecule has 0 unspecified atom stereocenters. The van der Waals surface area contributed by atoms with Crippen LogP contribution < -0.4 is 0 Å². The molecule has 1 aliphatic heterocycles. The van der Waals surface area contributed by atoms with Crippen LogP contribution in [0.1, 0.15) is 43.5 Å². The number of nitrogens with zero attached hydrogens (tertiary/aromatic N) is 1. The van der Waals surface area contributed by atoms with Gasteiger partial charge in [-0.1, -0.05) is 32.0 Å². The van der Waals surface area contributed by atoms with Crippen molar-refractivity contribution < 1.29 is 9.53 Å². The monoisotopic (exact) mass is 275 g/mol. The van der Waals surface area contributed by atoms with E-state index in [4.69, 9.17) is 4.74 Å². The fraction of sp³-hybridized carbons (Fsp3) is 0.588. The van der Waals surface area contributed by atoms with Gasteiger partial charge in [-0.05, 0) is 43.9 Å². The van der Waals surface area contributed by atoms with Crippen LogP contribution in [0.15, 0.2) is 30.3 Å². The summed E-state index contributed by atoms with van der Waals surface area (Å²) in [6.07, 6.45) is 3.24. The molecule has 0 radical (unpaired) electrons. The Morgan fingerprint density at radius 3 is 2.50 bits per heavy atom. The number of hydrogen-bond acceptors (Lipinski definition) is 3. The third kappa shape index (κ3) is 4.64. The second kappa shape index (κ2) is 7.44. The van der Waals surface area contributed by atoms with E-state index in [0.29, 0.717) is 5.56 Å². The summed E-state index contributed by atoms with van der Waals surface area (Å²) in [4.78, 5) is 14.5. The summed E-state index contributed by atoms with van der Waals surface area (Å²) < 4.78 is 5.59. The predicted molar refractivity (Wildman–Crippen MR) is 80.8 cm³/mol. The Morgan fingerprint density at radius 1 is 1.25 bits per heavy atom. The molecule has 0 aromatic heterocycles. The lowest BCUT2D eigenvalue weighted by atomic mass is 10.1. The normalized spacial score (nSPS) is 17.4. The van der Waals surface area contributed by atoms with Gasteiger partial charge >= 0.3 is 5.97 Å². The number of carbonyl (C=O) groups is 1. The lowest BCUT2D eigenvalue weighted by molar-refractivity contribution is 0.0110. The summed E-state index contributed by atoms with van der Waals surface area (Å²) in [7, 11) is 0. The van der Waals surface area contributed by atoms with Gasteiger partial charge in [0.1, 0.15) is 6.10 Å². The van der Waals surface area contributed by atoms with Gasteiger partial charge in [0.15, 0.2) is 0 Å². The van der Waals surface area contributed by atoms with Crippen LogP contribution in [0.25, 0.3) is 0 Å². The first-order valence-electron chi connectivity index (χ1n) is 7.63. The third-order valence-electron chi connectivity index (χ3n) is 3.84. The van der Waals surface area contributed by atoms with E-state index >= 15 is 0 Å². The highest BCUT2D eigenvalue weighted by molar-refractivity contribution is 5.89. The first kappa shape index (κ1) is 15.0. The lowest BCUT2D eigenvalue weighted by Crippen LogP contribution is -2.38. The maximum Gasteiger partial charge on any atom is 0.338 e. The van der Waals surface area contributed by atoms with Crippen LogP contribution in [0.3, 0.4) is 0 Å². The average Bonchev–Trinajstić information content (AvgIpc) is 2.47. The SMILES string of the molecule is CC(C)CCN1CCC(OC(=O)c2ccccc2)CC1. The van der Waals surface area contributed by atoms with Crippen molar-refractivity contribution in [3.8, 4) is 0 Å². The van der Waals surface area contributed by atoms with E-state index in [0.717, 1.165) is 38.4 Å². The minimum Gasteiger partial charge on any atom is -0.459 e. The van der Waals surface area contributed by atoms with Gasteiger partial charge in [-0.25, -0.2) is 4.79 Å². The van der Waals surface area contributed by atoms with Crippen molar-refractivity contribution in [2.24, 2.45) is 5.92 Å². The Hall–Kier alpha value is -1.35. The van der Waals surface area contributed by atoms with Gasteiger partial charge < -0.3 is 9.64 Å². The van der Waals surface area contributed by atoms with Crippen molar-refractivity contribution in [3.05, 3.63) is 35.9 Å². The number of hydrogen-bond donors (Lipinski definition) is 0. The Balaban J connectivity index is 1.73. The smallest absolute Gasteiger partial charge is 0.338 e. The molecule has 110 valence electrons. The fourth-order valence-electron chi connectivity index (χ4n) is 2.49. The molecular formula is C17H25NO2. The Morgan fingerprint density at radius 2 is 1.90 bits per heavy atom. The summed E-state index contributed by atoms with van der Waals surface area (Å²) in [5, 5.41) is 0. The molecule has 1 heterocycles. The summed E-state index contributed by atoms with van der Waals surface area (Å²) in [6.45, 7) is 7.76. The van der Waals surface area contributed by atoms with Gasteiger partial charge in [0.05, 0.1) is 5.56 Å². The van der Waals surface area contributed by atoms with Crippen LogP contribution >= 0.6 is 0 Å². The first-order valence-corrected chi connectivity index (χ1v) is 7.63. The first-order chi connectivity index (χ1) is 9.65. The Labute approximate surface area is 121 Å². The zero-order valence-electron chi connectivity index (χ0n) is 12.5. The van der Waals surface area contributed by atoms with E-state index in [-0.39, 0.29) is 12.1 Å². The molecule has 1 fully saturated rings. The zero-order valence-corrected chi connectivity index (χ0v) is 12.5. The molecule has 3 heteroatoms. The van der Waals surface area contributed by atoms with Gasteiger partial charge in [-0.15, -0.1) is 0 Å². The van der Waals surface area contributed by atoms with Gasteiger partial charge in [0, 0.05) is 13.1 Å². The third-order valence-corrected chi connectivity index (χ3v) is 3.84. The summed E-state index contributed by atoms with van der Waals surface area (Å²) in [6, 6.07) is 9.25. The average molecular weight is 275 g/mol. The van der Waals surface area contributed by atoms with Gasteiger partial charge in [-0.3, -0.25) is 0 Å². The highest BCUT2D eigenvalue weighted by Gasteiger charge is 2.22. The number of esters is 1. The number of piperidine rings is 1. The van der Waals surface area contributed by atoms with Crippen molar-refractivity contribution >= 4 is 5.97 Å². The molecule has 0 N–H and O–H groups in total. The zero-order chi connectivity index (χ0) is 14.4. The second-order valence-corrected chi connectivity index (χ2v) is 5.99. The number of rotatable bonds is 5. The molecule has 0 bridgehead atoms. The fourth-order valence-corrected chi connectivity index (χ4v) is 2.49. The number of likely N-dealkylation sites (tertiary alicyclic amines) is 1. The van der Waals surface area contributed by atoms with E-state index in [1.807, 2.05) is 18.2 Å². The van der Waals surface area contributed by atoms with E-state index in [1.54, 1.807) is 12.1 Å². The van der Waals surface area contributed by atoms with Crippen LogP contribution in [-0.2, 0) is 4.74 Å². The van der Waals surface area contributed by atoms with Crippen molar-refractivity contribution in [1.82, 2.24) is 4.90 Å². The van der Waals surface area contributed by atoms with Gasteiger partial charge in [0.25, 0.3) is 0 Å². The van der Waals surface area contributed by atoms with Gasteiger partial charge in [-0.2, -0.15) is 0 Å². The lowest BCUT2D eigenvalue weighted by Gasteiger charge is -2.32. The molecule has 2 rings (SSSR count). The van der Waals surface area contributed by atoms with Crippen LogP contribution in [-0.4, -0.2) is 36.6 Å². The maximum absolute atomic E-state index is 12.0. The number of benzene rings is 1. The highest BCUT2D eigenvalue weighted by Crippen LogP contribution is 2.16. The highest BCUT2D eigenvalue weighted by atomic mass is 16.5. The second-order valence-electron chi connectivity index (χ2n) is 5.99. The van der Waals surface area contributed by atoms with Crippen LogP contribution in [0.2, 0.25) is 0 Å². The summed E-state index contributed by atoms with van der Waals surface area (Å²) in [5.41, 5.74) is 0.648. The minimum absolute atomic E-state index is 0.0815.